The Morgan fingerprint density at radius 2 is 2.07 bits per heavy atom. The zero-order valence-corrected chi connectivity index (χ0v) is 16.5. The second-order valence-electron chi connectivity index (χ2n) is 8.22. The molecule has 0 radical (unpaired) electrons. The fourth-order valence-electron chi connectivity index (χ4n) is 4.47. The van der Waals surface area contributed by atoms with E-state index in [1.54, 1.807) is 4.90 Å². The fourth-order valence-corrected chi connectivity index (χ4v) is 4.47. The minimum absolute atomic E-state index is 0.00375. The smallest absolute Gasteiger partial charge is 0.238 e. The SMILES string of the molecule is Cc1ccc(C)c(NC(=O)CN2CCC[C@@]3(CCC(=O)N(CCO)C3)C2)c1. The molecule has 6 heteroatoms. The summed E-state index contributed by atoms with van der Waals surface area (Å²) in [6.07, 6.45) is 3.54. The van der Waals surface area contributed by atoms with E-state index in [0.29, 0.717) is 26.1 Å². The lowest BCUT2D eigenvalue weighted by molar-refractivity contribution is -0.140. The van der Waals surface area contributed by atoms with Gasteiger partial charge in [-0.3, -0.25) is 14.5 Å². The van der Waals surface area contributed by atoms with Crippen molar-refractivity contribution in [3.63, 3.8) is 0 Å². The number of hydrogen-bond acceptors (Lipinski definition) is 4. The average molecular weight is 373 g/mol. The van der Waals surface area contributed by atoms with Crippen molar-refractivity contribution in [1.29, 1.82) is 0 Å². The molecule has 1 aromatic rings. The van der Waals surface area contributed by atoms with Crippen molar-refractivity contribution in [1.82, 2.24) is 9.80 Å². The van der Waals surface area contributed by atoms with Gasteiger partial charge in [0.25, 0.3) is 0 Å². The van der Waals surface area contributed by atoms with Crippen molar-refractivity contribution >= 4 is 17.5 Å². The van der Waals surface area contributed by atoms with E-state index >= 15 is 0 Å². The first-order valence-corrected chi connectivity index (χ1v) is 9.89. The van der Waals surface area contributed by atoms with Crippen LogP contribution in [0.5, 0.6) is 0 Å². The average Bonchev–Trinajstić information content (AvgIpc) is 2.62. The highest BCUT2D eigenvalue weighted by molar-refractivity contribution is 5.93. The Morgan fingerprint density at radius 1 is 1.26 bits per heavy atom. The maximum absolute atomic E-state index is 12.6. The van der Waals surface area contributed by atoms with Crippen LogP contribution in [0.4, 0.5) is 5.69 Å². The molecule has 2 saturated heterocycles. The highest BCUT2D eigenvalue weighted by Crippen LogP contribution is 2.38. The van der Waals surface area contributed by atoms with Crippen LogP contribution in [-0.4, -0.2) is 66.1 Å². The molecule has 0 aromatic heterocycles. The van der Waals surface area contributed by atoms with Crippen LogP contribution >= 0.6 is 0 Å². The number of nitrogens with zero attached hydrogens (tertiary/aromatic N) is 2. The van der Waals surface area contributed by atoms with E-state index in [4.69, 9.17) is 0 Å². The summed E-state index contributed by atoms with van der Waals surface area (Å²) in [5.41, 5.74) is 3.13. The molecular weight excluding hydrogens is 342 g/mol. The molecule has 2 aliphatic heterocycles. The Bertz CT molecular complexity index is 706. The first-order valence-electron chi connectivity index (χ1n) is 9.89. The number of benzene rings is 1. The number of aliphatic hydroxyl groups is 1. The number of rotatable bonds is 5. The molecule has 1 spiro atoms. The van der Waals surface area contributed by atoms with Crippen LogP contribution in [-0.2, 0) is 9.59 Å². The molecule has 2 fully saturated rings. The van der Waals surface area contributed by atoms with Crippen LogP contribution in [0.3, 0.4) is 0 Å². The third-order valence-electron chi connectivity index (χ3n) is 5.89. The van der Waals surface area contributed by atoms with E-state index in [2.05, 4.69) is 10.2 Å². The van der Waals surface area contributed by atoms with Gasteiger partial charge < -0.3 is 15.3 Å². The summed E-state index contributed by atoms with van der Waals surface area (Å²) in [6.45, 7) is 7.26. The largest absolute Gasteiger partial charge is 0.395 e. The lowest BCUT2D eigenvalue weighted by Gasteiger charge is -2.48. The molecular formula is C21H31N3O3. The van der Waals surface area contributed by atoms with Gasteiger partial charge in [0, 0.05) is 37.2 Å². The number of aliphatic hydroxyl groups excluding tert-OH is 1. The molecule has 2 amide bonds. The fraction of sp³-hybridized carbons (Fsp3) is 0.619. The first kappa shape index (κ1) is 19.8. The Kier molecular flexibility index (Phi) is 6.17. The summed E-state index contributed by atoms with van der Waals surface area (Å²) in [7, 11) is 0. The molecule has 3 rings (SSSR count). The molecule has 0 saturated carbocycles. The molecule has 27 heavy (non-hydrogen) atoms. The predicted octanol–water partition coefficient (Wildman–Crippen LogP) is 1.94. The standard InChI is InChI=1S/C21H31N3O3/c1-16-4-5-17(2)18(12-16)22-19(26)13-23-9-3-7-21(14-23)8-6-20(27)24(15-21)10-11-25/h4-5,12,25H,3,6-11,13-15H2,1-2H3,(H,22,26)/t21-/m1/s1. The maximum Gasteiger partial charge on any atom is 0.238 e. The Balaban J connectivity index is 1.60. The Hall–Kier alpha value is -1.92. The van der Waals surface area contributed by atoms with Gasteiger partial charge in [-0.05, 0) is 56.8 Å². The number of hydrogen-bond donors (Lipinski definition) is 2. The van der Waals surface area contributed by atoms with E-state index in [9.17, 15) is 14.7 Å². The third kappa shape index (κ3) is 4.87. The highest BCUT2D eigenvalue weighted by Gasteiger charge is 2.41. The van der Waals surface area contributed by atoms with E-state index in [1.165, 1.54) is 0 Å². The number of piperidine rings is 2. The van der Waals surface area contributed by atoms with Crippen LogP contribution in [0.25, 0.3) is 0 Å². The number of amides is 2. The second kappa shape index (κ2) is 8.40. The van der Waals surface area contributed by atoms with E-state index in [-0.39, 0.29) is 23.8 Å². The quantitative estimate of drug-likeness (QED) is 0.827. The Labute approximate surface area is 161 Å². The summed E-state index contributed by atoms with van der Waals surface area (Å²) in [6, 6.07) is 6.07. The first-order chi connectivity index (χ1) is 12.9. The van der Waals surface area contributed by atoms with Crippen LogP contribution in [0.1, 0.15) is 36.8 Å². The van der Waals surface area contributed by atoms with Gasteiger partial charge in [-0.1, -0.05) is 12.1 Å². The van der Waals surface area contributed by atoms with Gasteiger partial charge in [0.2, 0.25) is 11.8 Å². The molecule has 2 aliphatic rings. The van der Waals surface area contributed by atoms with Gasteiger partial charge in [0.1, 0.15) is 0 Å². The molecule has 0 bridgehead atoms. The monoisotopic (exact) mass is 373 g/mol. The maximum atomic E-state index is 12.6. The number of carbonyl (C=O) groups is 2. The molecule has 1 atom stereocenters. The number of anilines is 1. The number of carbonyl (C=O) groups excluding carboxylic acids is 2. The van der Waals surface area contributed by atoms with Gasteiger partial charge in [-0.2, -0.15) is 0 Å². The number of β-amino-alcohol motifs (C(OH)–C–C–N with tert-alkyl or cyclic N) is 1. The Morgan fingerprint density at radius 3 is 2.85 bits per heavy atom. The van der Waals surface area contributed by atoms with Gasteiger partial charge in [0.15, 0.2) is 0 Å². The molecule has 2 heterocycles. The van der Waals surface area contributed by atoms with Crippen molar-refractivity contribution in [3.8, 4) is 0 Å². The van der Waals surface area contributed by atoms with Crippen LogP contribution < -0.4 is 5.32 Å². The van der Waals surface area contributed by atoms with E-state index in [1.807, 2.05) is 32.0 Å². The van der Waals surface area contributed by atoms with Gasteiger partial charge >= 0.3 is 0 Å². The van der Waals surface area contributed by atoms with Crippen LogP contribution in [0.2, 0.25) is 0 Å². The van der Waals surface area contributed by atoms with E-state index < -0.39 is 0 Å². The molecule has 148 valence electrons. The summed E-state index contributed by atoms with van der Waals surface area (Å²) < 4.78 is 0. The molecule has 1 aromatic carbocycles. The normalized spacial score (nSPS) is 23.7. The molecule has 2 N–H and O–H groups in total. The van der Waals surface area contributed by atoms with Crippen molar-refractivity contribution in [2.45, 2.75) is 39.5 Å². The zero-order valence-electron chi connectivity index (χ0n) is 16.5. The topological polar surface area (TPSA) is 72.9 Å². The zero-order chi connectivity index (χ0) is 19.4. The second-order valence-corrected chi connectivity index (χ2v) is 8.22. The van der Waals surface area contributed by atoms with Crippen LogP contribution in [0, 0.1) is 19.3 Å². The predicted molar refractivity (Wildman–Crippen MR) is 106 cm³/mol. The lowest BCUT2D eigenvalue weighted by atomic mass is 9.73. The third-order valence-corrected chi connectivity index (χ3v) is 5.89. The minimum atomic E-state index is 0.00375. The summed E-state index contributed by atoms with van der Waals surface area (Å²) in [5.74, 6) is 0.152. The van der Waals surface area contributed by atoms with Crippen molar-refractivity contribution < 1.29 is 14.7 Å². The number of likely N-dealkylation sites (tertiary alicyclic amines) is 2. The summed E-state index contributed by atoms with van der Waals surface area (Å²) in [5, 5.41) is 12.3. The molecule has 0 aliphatic carbocycles. The highest BCUT2D eigenvalue weighted by atomic mass is 16.3. The van der Waals surface area contributed by atoms with E-state index in [0.717, 1.165) is 49.2 Å². The van der Waals surface area contributed by atoms with Gasteiger partial charge in [-0.15, -0.1) is 0 Å². The molecule has 0 unspecified atom stereocenters. The van der Waals surface area contributed by atoms with Crippen molar-refractivity contribution in [3.05, 3.63) is 29.3 Å². The number of nitrogens with one attached hydrogen (secondary N) is 1. The van der Waals surface area contributed by atoms with Crippen molar-refractivity contribution in [2.24, 2.45) is 5.41 Å². The number of aryl methyl sites for hydroxylation is 2. The summed E-state index contributed by atoms with van der Waals surface area (Å²) >= 11 is 0. The van der Waals surface area contributed by atoms with Crippen LogP contribution in [0.15, 0.2) is 18.2 Å². The minimum Gasteiger partial charge on any atom is -0.395 e. The lowest BCUT2D eigenvalue weighted by Crippen LogP contribution is -2.55. The van der Waals surface area contributed by atoms with Crippen molar-refractivity contribution in [2.75, 3.05) is 44.6 Å². The van der Waals surface area contributed by atoms with Gasteiger partial charge in [0.05, 0.1) is 13.2 Å². The van der Waals surface area contributed by atoms with Gasteiger partial charge in [-0.25, -0.2) is 0 Å². The molecule has 6 nitrogen and oxygen atoms in total. The summed E-state index contributed by atoms with van der Waals surface area (Å²) in [4.78, 5) is 28.7.